The molecule has 0 aliphatic rings. The first-order valence-corrected chi connectivity index (χ1v) is 7.75. The first-order chi connectivity index (χ1) is 11.8. The predicted octanol–water partition coefficient (Wildman–Crippen LogP) is 2.95. The van der Waals surface area contributed by atoms with Crippen LogP contribution in [0.25, 0.3) is 0 Å². The van der Waals surface area contributed by atoms with Crippen LogP contribution in [0.2, 0.25) is 5.15 Å². The van der Waals surface area contributed by atoms with E-state index in [2.05, 4.69) is 15.0 Å². The molecule has 118 valence electrons. The van der Waals surface area contributed by atoms with Crippen LogP contribution in [0.5, 0.6) is 0 Å². The summed E-state index contributed by atoms with van der Waals surface area (Å²) < 4.78 is 1.92. The van der Waals surface area contributed by atoms with Gasteiger partial charge in [-0.25, -0.2) is 4.98 Å². The number of hydrogen-bond acceptors (Lipinski definition) is 4. The fourth-order valence-electron chi connectivity index (χ4n) is 2.44. The molecule has 24 heavy (non-hydrogen) atoms. The Morgan fingerprint density at radius 1 is 1.12 bits per heavy atom. The molecule has 0 amide bonds. The molecular weight excluding hydrogens is 322 g/mol. The molecule has 0 aliphatic heterocycles. The zero-order chi connectivity index (χ0) is 16.8. The van der Waals surface area contributed by atoms with Crippen LogP contribution in [0, 0.1) is 11.5 Å². The molecule has 0 fully saturated rings. The van der Waals surface area contributed by atoms with Gasteiger partial charge in [-0.15, -0.1) is 0 Å². The number of rotatable bonds is 4. The highest BCUT2D eigenvalue weighted by Crippen LogP contribution is 2.07. The lowest BCUT2D eigenvalue weighted by molar-refractivity contribution is 0.727. The zero-order valence-corrected chi connectivity index (χ0v) is 13.6. The predicted molar refractivity (Wildman–Crippen MR) is 91.0 cm³/mol. The highest BCUT2D eigenvalue weighted by Gasteiger charge is 2.05. The smallest absolute Gasteiger partial charge is 0.207 e. The molecule has 3 heterocycles. The molecule has 0 aliphatic carbocycles. The molecule has 0 N–H and O–H groups in total. The number of aromatic nitrogens is 3. The zero-order valence-electron chi connectivity index (χ0n) is 12.8. The van der Waals surface area contributed by atoms with Crippen LogP contribution < -0.4 is 5.49 Å². The van der Waals surface area contributed by atoms with Crippen molar-refractivity contribution in [1.82, 2.24) is 14.5 Å². The lowest BCUT2D eigenvalue weighted by Gasteiger charge is -2.10. The molecule has 0 saturated carbocycles. The van der Waals surface area contributed by atoms with Crippen molar-refractivity contribution in [1.29, 1.82) is 5.26 Å². The van der Waals surface area contributed by atoms with Gasteiger partial charge in [-0.2, -0.15) is 10.3 Å². The first kappa shape index (κ1) is 15.9. The lowest BCUT2D eigenvalue weighted by Crippen LogP contribution is -2.25. The Morgan fingerprint density at radius 3 is 2.75 bits per heavy atom. The third-order valence-electron chi connectivity index (χ3n) is 3.52. The minimum atomic E-state index is 0.453. The molecule has 0 radical (unpaired) electrons. The van der Waals surface area contributed by atoms with Crippen LogP contribution >= 0.6 is 11.6 Å². The monoisotopic (exact) mass is 335 g/mol. The summed E-state index contributed by atoms with van der Waals surface area (Å²) in [5.41, 5.74) is 3.48. The molecule has 0 spiro atoms. The molecule has 0 atom stereocenters. The molecular formula is C18H14ClN5. The highest BCUT2D eigenvalue weighted by atomic mass is 35.5. The first-order valence-electron chi connectivity index (χ1n) is 7.38. The molecule has 0 bridgehead atoms. The Bertz CT molecular complexity index is 924. The Labute approximate surface area is 144 Å². The van der Waals surface area contributed by atoms with Crippen molar-refractivity contribution in [3.05, 3.63) is 88.5 Å². The van der Waals surface area contributed by atoms with Gasteiger partial charge in [0.2, 0.25) is 6.19 Å². The van der Waals surface area contributed by atoms with Gasteiger partial charge in [0.1, 0.15) is 10.6 Å². The third-order valence-corrected chi connectivity index (χ3v) is 3.74. The van der Waals surface area contributed by atoms with Crippen LogP contribution in [0.15, 0.2) is 66.0 Å². The second-order valence-corrected chi connectivity index (χ2v) is 5.57. The number of hydrogen-bond donors (Lipinski definition) is 0. The van der Waals surface area contributed by atoms with E-state index in [0.29, 0.717) is 23.6 Å². The number of nitrogens with zero attached hydrogens (tertiary/aromatic N) is 5. The Balaban J connectivity index is 1.98. The molecule has 3 rings (SSSR count). The van der Waals surface area contributed by atoms with Gasteiger partial charge >= 0.3 is 0 Å². The van der Waals surface area contributed by atoms with E-state index in [0.717, 1.165) is 16.8 Å². The van der Waals surface area contributed by atoms with Gasteiger partial charge in [0.25, 0.3) is 0 Å². The van der Waals surface area contributed by atoms with Gasteiger partial charge in [0.15, 0.2) is 0 Å². The van der Waals surface area contributed by atoms with Gasteiger partial charge < -0.3 is 4.57 Å². The topological polar surface area (TPSA) is 66.9 Å². The Kier molecular flexibility index (Phi) is 4.99. The van der Waals surface area contributed by atoms with Gasteiger partial charge in [-0.05, 0) is 29.8 Å². The molecule has 3 aromatic heterocycles. The third kappa shape index (κ3) is 3.86. The molecule has 6 heteroatoms. The van der Waals surface area contributed by atoms with Crippen molar-refractivity contribution >= 4 is 11.6 Å². The molecule has 5 nitrogen and oxygen atoms in total. The van der Waals surface area contributed by atoms with Gasteiger partial charge in [-0.1, -0.05) is 29.8 Å². The van der Waals surface area contributed by atoms with E-state index in [4.69, 9.17) is 16.9 Å². The van der Waals surface area contributed by atoms with E-state index in [1.807, 2.05) is 53.4 Å². The molecule has 3 aromatic rings. The minimum absolute atomic E-state index is 0.453. The van der Waals surface area contributed by atoms with E-state index in [-0.39, 0.29) is 0 Å². The van der Waals surface area contributed by atoms with Crippen molar-refractivity contribution < 1.29 is 0 Å². The minimum Gasteiger partial charge on any atom is -0.328 e. The standard InChI is InChI=1S/C18H14ClN5/c19-17-7-6-14(11-22-17)12-24-9-3-4-15(18(24)23-13-20)10-16-5-1-2-8-21-16/h1-9,11H,10,12H2. The summed E-state index contributed by atoms with van der Waals surface area (Å²) in [6.07, 6.45) is 7.88. The summed E-state index contributed by atoms with van der Waals surface area (Å²) >= 11 is 5.82. The van der Waals surface area contributed by atoms with Crippen molar-refractivity contribution in [2.24, 2.45) is 4.99 Å². The Hall–Kier alpha value is -2.97. The van der Waals surface area contributed by atoms with Crippen LogP contribution in [0.3, 0.4) is 0 Å². The highest BCUT2D eigenvalue weighted by molar-refractivity contribution is 6.29. The van der Waals surface area contributed by atoms with Gasteiger partial charge in [0, 0.05) is 36.3 Å². The van der Waals surface area contributed by atoms with Crippen molar-refractivity contribution in [2.75, 3.05) is 0 Å². The fourth-order valence-corrected chi connectivity index (χ4v) is 2.55. The second kappa shape index (κ2) is 7.53. The fraction of sp³-hybridized carbons (Fsp3) is 0.111. The maximum atomic E-state index is 9.06. The van der Waals surface area contributed by atoms with Crippen molar-refractivity contribution in [2.45, 2.75) is 13.0 Å². The molecule has 0 aromatic carbocycles. The van der Waals surface area contributed by atoms with Crippen LogP contribution in [-0.4, -0.2) is 14.5 Å². The van der Waals surface area contributed by atoms with Crippen LogP contribution in [0.4, 0.5) is 0 Å². The summed E-state index contributed by atoms with van der Waals surface area (Å²) in [6, 6.07) is 13.3. The number of pyridine rings is 3. The van der Waals surface area contributed by atoms with E-state index in [9.17, 15) is 0 Å². The van der Waals surface area contributed by atoms with Crippen molar-refractivity contribution in [3.63, 3.8) is 0 Å². The number of nitriles is 1. The van der Waals surface area contributed by atoms with Crippen LogP contribution in [0.1, 0.15) is 16.8 Å². The summed E-state index contributed by atoms with van der Waals surface area (Å²) in [6.45, 7) is 0.556. The van der Waals surface area contributed by atoms with E-state index in [1.165, 1.54) is 0 Å². The maximum Gasteiger partial charge on any atom is 0.207 e. The summed E-state index contributed by atoms with van der Waals surface area (Å²) in [7, 11) is 0. The van der Waals surface area contributed by atoms with E-state index >= 15 is 0 Å². The van der Waals surface area contributed by atoms with Crippen LogP contribution in [-0.2, 0) is 13.0 Å². The SMILES string of the molecule is N#CN=c1c(Cc2ccccn2)cccn1Cc1ccc(Cl)nc1. The summed E-state index contributed by atoms with van der Waals surface area (Å²) in [5.74, 6) is 0. The largest absolute Gasteiger partial charge is 0.328 e. The lowest BCUT2D eigenvalue weighted by atomic mass is 10.1. The average Bonchev–Trinajstić information content (AvgIpc) is 2.61. The maximum absolute atomic E-state index is 9.06. The average molecular weight is 336 g/mol. The quantitative estimate of drug-likeness (QED) is 0.544. The molecule has 0 unspecified atom stereocenters. The normalized spacial score (nSPS) is 11.2. The van der Waals surface area contributed by atoms with Crippen molar-refractivity contribution in [3.8, 4) is 6.19 Å². The van der Waals surface area contributed by atoms with Gasteiger partial charge in [-0.3, -0.25) is 4.98 Å². The molecule has 0 saturated heterocycles. The Morgan fingerprint density at radius 2 is 2.04 bits per heavy atom. The number of halogens is 1. The summed E-state index contributed by atoms with van der Waals surface area (Å²) in [4.78, 5) is 12.4. The summed E-state index contributed by atoms with van der Waals surface area (Å²) in [5, 5.41) is 9.52. The van der Waals surface area contributed by atoms with Gasteiger partial charge in [0.05, 0.1) is 6.54 Å². The van der Waals surface area contributed by atoms with E-state index in [1.54, 1.807) is 18.5 Å². The van der Waals surface area contributed by atoms with E-state index < -0.39 is 0 Å². The second-order valence-electron chi connectivity index (χ2n) is 5.18.